The molecule has 1 N–H and O–H groups in total. The van der Waals surface area contributed by atoms with Crippen LogP contribution < -0.4 is 5.32 Å². The lowest BCUT2D eigenvalue weighted by molar-refractivity contribution is -0.121. The van der Waals surface area contributed by atoms with Gasteiger partial charge in [-0.3, -0.25) is 9.69 Å². The van der Waals surface area contributed by atoms with E-state index in [0.29, 0.717) is 11.7 Å². The van der Waals surface area contributed by atoms with E-state index in [-0.39, 0.29) is 11.8 Å². The predicted octanol–water partition coefficient (Wildman–Crippen LogP) is 3.71. The minimum Gasteiger partial charge on any atom is -0.302 e. The van der Waals surface area contributed by atoms with Crippen molar-refractivity contribution in [2.24, 2.45) is 5.92 Å². The smallest absolute Gasteiger partial charge is 0.229 e. The van der Waals surface area contributed by atoms with Gasteiger partial charge in [0.2, 0.25) is 5.91 Å². The number of benzene rings is 1. The number of piperidine rings is 1. The first-order valence-electron chi connectivity index (χ1n) is 8.56. The molecule has 2 aromatic rings. The van der Waals surface area contributed by atoms with Crippen LogP contribution in [0, 0.1) is 32.1 Å². The molecule has 1 saturated heterocycles. The van der Waals surface area contributed by atoms with Crippen LogP contribution in [0.3, 0.4) is 0 Å². The largest absolute Gasteiger partial charge is 0.302 e. The Morgan fingerprint density at radius 3 is 2.80 bits per heavy atom. The van der Waals surface area contributed by atoms with E-state index in [9.17, 15) is 4.79 Å². The van der Waals surface area contributed by atoms with Gasteiger partial charge in [0, 0.05) is 16.9 Å². The third kappa shape index (κ3) is 4.28. The number of anilines is 1. The fourth-order valence-electron chi connectivity index (χ4n) is 3.05. The highest BCUT2D eigenvalue weighted by Crippen LogP contribution is 2.27. The van der Waals surface area contributed by atoms with Gasteiger partial charge < -0.3 is 5.32 Å². The highest BCUT2D eigenvalue weighted by atomic mass is 32.1. The number of carbonyl (C=O) groups is 1. The second kappa shape index (κ2) is 7.81. The Labute approximate surface area is 153 Å². The molecule has 1 aromatic heterocycles. The number of hydrogen-bond donors (Lipinski definition) is 1. The van der Waals surface area contributed by atoms with Gasteiger partial charge in [-0.25, -0.2) is 4.98 Å². The van der Waals surface area contributed by atoms with Gasteiger partial charge in [0.15, 0.2) is 5.13 Å². The van der Waals surface area contributed by atoms with Crippen LogP contribution in [0.15, 0.2) is 23.6 Å². The molecule has 25 heavy (non-hydrogen) atoms. The zero-order valence-corrected chi connectivity index (χ0v) is 15.5. The third-order valence-electron chi connectivity index (χ3n) is 4.81. The summed E-state index contributed by atoms with van der Waals surface area (Å²) in [6.07, 6.45) is 7.05. The van der Waals surface area contributed by atoms with Crippen molar-refractivity contribution < 1.29 is 4.79 Å². The molecule has 1 amide bonds. The molecule has 4 nitrogen and oxygen atoms in total. The summed E-state index contributed by atoms with van der Waals surface area (Å²) in [6, 6.07) is 6.31. The van der Waals surface area contributed by atoms with Gasteiger partial charge in [-0.15, -0.1) is 17.8 Å². The van der Waals surface area contributed by atoms with Gasteiger partial charge in [-0.2, -0.15) is 0 Å². The summed E-state index contributed by atoms with van der Waals surface area (Å²) in [5.41, 5.74) is 4.51. The van der Waals surface area contributed by atoms with Crippen molar-refractivity contribution in [1.82, 2.24) is 9.88 Å². The molecule has 0 saturated carbocycles. The molecule has 1 aliphatic heterocycles. The van der Waals surface area contributed by atoms with Gasteiger partial charge in [-0.1, -0.05) is 18.1 Å². The van der Waals surface area contributed by atoms with Gasteiger partial charge >= 0.3 is 0 Å². The maximum Gasteiger partial charge on any atom is 0.229 e. The number of carbonyl (C=O) groups excluding carboxylic acids is 1. The topological polar surface area (TPSA) is 45.2 Å². The minimum atomic E-state index is 0.0444. The van der Waals surface area contributed by atoms with E-state index in [0.717, 1.165) is 37.2 Å². The summed E-state index contributed by atoms with van der Waals surface area (Å²) in [4.78, 5) is 19.3. The lowest BCUT2D eigenvalue weighted by atomic mass is 9.96. The van der Waals surface area contributed by atoms with Crippen LogP contribution in [0.2, 0.25) is 0 Å². The molecule has 2 heterocycles. The van der Waals surface area contributed by atoms with Crippen LogP contribution >= 0.6 is 11.3 Å². The molecule has 0 radical (unpaired) electrons. The van der Waals surface area contributed by atoms with Gasteiger partial charge in [0.05, 0.1) is 12.2 Å². The predicted molar refractivity (Wildman–Crippen MR) is 104 cm³/mol. The summed E-state index contributed by atoms with van der Waals surface area (Å²) in [6.45, 7) is 6.63. The molecule has 1 fully saturated rings. The molecule has 130 valence electrons. The van der Waals surface area contributed by atoms with Gasteiger partial charge in [-0.05, 0) is 57.0 Å². The molecule has 1 aromatic carbocycles. The monoisotopic (exact) mass is 353 g/mol. The fraction of sp³-hybridized carbons (Fsp3) is 0.400. The van der Waals surface area contributed by atoms with Crippen LogP contribution in [0.4, 0.5) is 5.13 Å². The second-order valence-corrected chi connectivity index (χ2v) is 7.44. The Morgan fingerprint density at radius 1 is 1.36 bits per heavy atom. The Kier molecular flexibility index (Phi) is 5.52. The fourth-order valence-corrected chi connectivity index (χ4v) is 3.78. The normalized spacial score (nSPS) is 15.7. The number of nitrogens with one attached hydrogen (secondary N) is 1. The third-order valence-corrected chi connectivity index (χ3v) is 5.57. The van der Waals surface area contributed by atoms with Crippen LogP contribution in [-0.2, 0) is 4.79 Å². The van der Waals surface area contributed by atoms with Crippen molar-refractivity contribution >= 4 is 22.4 Å². The average molecular weight is 353 g/mol. The summed E-state index contributed by atoms with van der Waals surface area (Å²) in [7, 11) is 0. The number of rotatable bonds is 4. The molecular formula is C20H23N3OS. The number of likely N-dealkylation sites (tertiary alicyclic amines) is 1. The van der Waals surface area contributed by atoms with Crippen LogP contribution in [0.5, 0.6) is 0 Å². The molecular weight excluding hydrogens is 330 g/mol. The molecule has 1 aliphatic rings. The number of aryl methyl sites for hydroxylation is 2. The van der Waals surface area contributed by atoms with Gasteiger partial charge in [0.1, 0.15) is 0 Å². The van der Waals surface area contributed by atoms with Crippen LogP contribution in [0.25, 0.3) is 11.3 Å². The highest BCUT2D eigenvalue weighted by Gasteiger charge is 2.25. The highest BCUT2D eigenvalue weighted by molar-refractivity contribution is 7.14. The summed E-state index contributed by atoms with van der Waals surface area (Å²) >= 11 is 1.48. The maximum atomic E-state index is 12.5. The first-order chi connectivity index (χ1) is 12.1. The van der Waals surface area contributed by atoms with E-state index in [1.807, 2.05) is 5.38 Å². The molecule has 0 unspecified atom stereocenters. The van der Waals surface area contributed by atoms with Crippen molar-refractivity contribution in [2.75, 3.05) is 25.0 Å². The maximum absolute atomic E-state index is 12.5. The van der Waals surface area contributed by atoms with E-state index < -0.39 is 0 Å². The van der Waals surface area contributed by atoms with E-state index in [4.69, 9.17) is 6.42 Å². The SMILES string of the molecule is C#CCN1CCC(C(=O)Nc2nc(-c3ccc(C)c(C)c3)cs2)CC1. The number of amides is 1. The first-order valence-corrected chi connectivity index (χ1v) is 9.44. The van der Waals surface area contributed by atoms with Crippen molar-refractivity contribution in [3.05, 3.63) is 34.7 Å². The molecule has 0 atom stereocenters. The minimum absolute atomic E-state index is 0.0444. The van der Waals surface area contributed by atoms with E-state index in [1.165, 1.54) is 22.5 Å². The molecule has 0 aliphatic carbocycles. The Hall–Kier alpha value is -2.16. The van der Waals surface area contributed by atoms with Crippen molar-refractivity contribution in [1.29, 1.82) is 0 Å². The number of terminal acetylenes is 1. The Bertz CT molecular complexity index is 798. The molecule has 0 bridgehead atoms. The van der Waals surface area contributed by atoms with Crippen molar-refractivity contribution in [2.45, 2.75) is 26.7 Å². The second-order valence-electron chi connectivity index (χ2n) is 6.58. The van der Waals surface area contributed by atoms with Crippen molar-refractivity contribution in [3.63, 3.8) is 0 Å². The molecule has 5 heteroatoms. The lowest BCUT2D eigenvalue weighted by Gasteiger charge is -2.29. The standard InChI is InChI=1S/C20H23N3OS/c1-4-9-23-10-7-16(8-11-23)19(24)22-20-21-18(13-25-20)17-6-5-14(2)15(3)12-17/h1,5-6,12-13,16H,7-11H2,2-3H3,(H,21,22,24). The quantitative estimate of drug-likeness (QED) is 0.852. The van der Waals surface area contributed by atoms with Crippen LogP contribution in [-0.4, -0.2) is 35.4 Å². The zero-order chi connectivity index (χ0) is 17.8. The van der Waals surface area contributed by atoms with Crippen molar-refractivity contribution in [3.8, 4) is 23.6 Å². The number of hydrogen-bond acceptors (Lipinski definition) is 4. The number of nitrogens with zero attached hydrogens (tertiary/aromatic N) is 2. The van der Waals surface area contributed by atoms with E-state index in [2.05, 4.69) is 53.2 Å². The Morgan fingerprint density at radius 2 is 2.12 bits per heavy atom. The van der Waals surface area contributed by atoms with Crippen LogP contribution in [0.1, 0.15) is 24.0 Å². The Balaban J connectivity index is 1.61. The number of thiazole rings is 1. The lowest BCUT2D eigenvalue weighted by Crippen LogP contribution is -2.38. The molecule has 0 spiro atoms. The zero-order valence-electron chi connectivity index (χ0n) is 14.7. The van der Waals surface area contributed by atoms with E-state index in [1.54, 1.807) is 0 Å². The number of aromatic nitrogens is 1. The summed E-state index contributed by atoms with van der Waals surface area (Å²) < 4.78 is 0. The average Bonchev–Trinajstić information content (AvgIpc) is 3.07. The summed E-state index contributed by atoms with van der Waals surface area (Å²) in [5, 5.41) is 5.65. The molecule has 3 rings (SSSR count). The van der Waals surface area contributed by atoms with Gasteiger partial charge in [0.25, 0.3) is 0 Å². The first kappa shape index (κ1) is 17.7. The van der Waals surface area contributed by atoms with E-state index >= 15 is 0 Å². The summed E-state index contributed by atoms with van der Waals surface area (Å²) in [5.74, 6) is 2.78.